The zero-order valence-electron chi connectivity index (χ0n) is 30.9. The number of nitrogens with two attached hydrogens (primary N) is 2. The normalized spacial score (nSPS) is 12.9. The van der Waals surface area contributed by atoms with E-state index in [2.05, 4.69) is 57.6 Å². The van der Waals surface area contributed by atoms with Gasteiger partial charge in [0, 0.05) is 25.9 Å². The van der Waals surface area contributed by atoms with Gasteiger partial charge < -0.3 is 41.6 Å². The summed E-state index contributed by atoms with van der Waals surface area (Å²) >= 11 is 0. The lowest BCUT2D eigenvalue weighted by Crippen LogP contribution is -2.18. The monoisotopic (exact) mass is 648 g/mol. The third-order valence-corrected chi connectivity index (χ3v) is 7.51. The Kier molecular flexibility index (Phi) is 41.6. The Morgan fingerprint density at radius 1 is 0.489 bits per heavy atom. The second-order valence-electron chi connectivity index (χ2n) is 12.9. The first kappa shape index (κ1) is 48.1. The summed E-state index contributed by atoms with van der Waals surface area (Å²) in [5.74, 6) is 2.64. The van der Waals surface area contributed by atoms with Crippen molar-refractivity contribution in [3.63, 3.8) is 0 Å². The van der Waals surface area contributed by atoms with Crippen molar-refractivity contribution >= 4 is 11.8 Å². The van der Waals surface area contributed by atoms with Gasteiger partial charge in [-0.15, -0.1) is 0 Å². The SMILES string of the molecule is CNCCC(C)CCCC(C)CCCC(C)CCCC(C)C.CNCCOCCOCCOCCNC.NC(=O)CCC(N)=O. The maximum atomic E-state index is 9.92. The number of carbonyl (C=O) groups excluding carboxylic acids is 2. The van der Waals surface area contributed by atoms with Crippen molar-refractivity contribution in [2.45, 2.75) is 112 Å². The lowest BCUT2D eigenvalue weighted by atomic mass is 9.91. The van der Waals surface area contributed by atoms with Gasteiger partial charge in [-0.2, -0.15) is 0 Å². The van der Waals surface area contributed by atoms with E-state index in [1.807, 2.05) is 14.1 Å². The van der Waals surface area contributed by atoms with E-state index in [1.165, 1.54) is 70.8 Å². The fourth-order valence-electron chi connectivity index (χ4n) is 4.46. The maximum Gasteiger partial charge on any atom is 0.217 e. The molecule has 0 aromatic heterocycles. The molecule has 0 aliphatic carbocycles. The minimum Gasteiger partial charge on any atom is -0.378 e. The van der Waals surface area contributed by atoms with E-state index in [1.54, 1.807) is 0 Å². The van der Waals surface area contributed by atoms with Crippen molar-refractivity contribution < 1.29 is 23.8 Å². The van der Waals surface area contributed by atoms with Crippen molar-refractivity contribution in [2.75, 3.05) is 80.4 Å². The number of primary amides is 2. The quantitative estimate of drug-likeness (QED) is 0.0693. The molecule has 0 aromatic rings. The molecule has 3 unspecified atom stereocenters. The molecule has 0 aromatic carbocycles. The predicted molar refractivity (Wildman–Crippen MR) is 190 cm³/mol. The van der Waals surface area contributed by atoms with Crippen molar-refractivity contribution in [1.29, 1.82) is 0 Å². The van der Waals surface area contributed by atoms with E-state index in [-0.39, 0.29) is 12.8 Å². The molecule has 0 rings (SSSR count). The van der Waals surface area contributed by atoms with Gasteiger partial charge in [-0.1, -0.05) is 92.4 Å². The summed E-state index contributed by atoms with van der Waals surface area (Å²) in [5, 5.41) is 9.27. The molecule has 3 atom stereocenters. The molecule has 0 saturated heterocycles. The third kappa shape index (κ3) is 49.8. The van der Waals surface area contributed by atoms with Crippen molar-refractivity contribution in [2.24, 2.45) is 35.1 Å². The molecular formula is C35H77N5O5. The van der Waals surface area contributed by atoms with Crippen LogP contribution < -0.4 is 27.4 Å². The van der Waals surface area contributed by atoms with Crippen LogP contribution in [0.25, 0.3) is 0 Å². The van der Waals surface area contributed by atoms with Crippen LogP contribution >= 0.6 is 0 Å². The summed E-state index contributed by atoms with van der Waals surface area (Å²) in [6.07, 6.45) is 14.3. The van der Waals surface area contributed by atoms with Gasteiger partial charge in [0.25, 0.3) is 0 Å². The molecule has 272 valence electrons. The topological polar surface area (TPSA) is 150 Å². The van der Waals surface area contributed by atoms with Crippen LogP contribution in [-0.2, 0) is 23.8 Å². The Bertz CT molecular complexity index is 587. The van der Waals surface area contributed by atoms with Crippen LogP contribution in [0.4, 0.5) is 0 Å². The van der Waals surface area contributed by atoms with Gasteiger partial charge in [0.2, 0.25) is 11.8 Å². The highest BCUT2D eigenvalue weighted by Crippen LogP contribution is 2.22. The molecule has 0 fully saturated rings. The van der Waals surface area contributed by atoms with Crippen LogP contribution in [-0.4, -0.2) is 92.2 Å². The van der Waals surface area contributed by atoms with Crippen LogP contribution in [0.1, 0.15) is 112 Å². The van der Waals surface area contributed by atoms with Crippen LogP contribution in [0, 0.1) is 23.7 Å². The Balaban J connectivity index is -0.000000659. The molecule has 0 radical (unpaired) electrons. The number of hydrogen-bond donors (Lipinski definition) is 5. The summed E-state index contributed by atoms with van der Waals surface area (Å²) in [5.41, 5.74) is 9.39. The largest absolute Gasteiger partial charge is 0.378 e. The summed E-state index contributed by atoms with van der Waals surface area (Å²) in [6.45, 7) is 19.0. The molecule has 2 amide bonds. The first-order chi connectivity index (χ1) is 21.5. The van der Waals surface area contributed by atoms with E-state index in [0.29, 0.717) is 26.4 Å². The first-order valence-corrected chi connectivity index (χ1v) is 17.7. The third-order valence-electron chi connectivity index (χ3n) is 7.51. The fraction of sp³-hybridized carbons (Fsp3) is 0.943. The molecule has 10 heteroatoms. The molecule has 0 aliphatic rings. The van der Waals surface area contributed by atoms with Gasteiger partial charge >= 0.3 is 0 Å². The van der Waals surface area contributed by atoms with Crippen LogP contribution in [0.5, 0.6) is 0 Å². The van der Waals surface area contributed by atoms with Gasteiger partial charge in [0.15, 0.2) is 0 Å². The van der Waals surface area contributed by atoms with Crippen LogP contribution in [0.2, 0.25) is 0 Å². The van der Waals surface area contributed by atoms with E-state index < -0.39 is 11.8 Å². The maximum absolute atomic E-state index is 9.92. The zero-order chi connectivity index (χ0) is 34.6. The van der Waals surface area contributed by atoms with Gasteiger partial charge in [-0.25, -0.2) is 0 Å². The molecule has 45 heavy (non-hydrogen) atoms. The fourth-order valence-corrected chi connectivity index (χ4v) is 4.46. The molecule has 0 heterocycles. The van der Waals surface area contributed by atoms with Crippen LogP contribution in [0.15, 0.2) is 0 Å². The first-order valence-electron chi connectivity index (χ1n) is 17.7. The lowest BCUT2D eigenvalue weighted by Gasteiger charge is -2.16. The van der Waals surface area contributed by atoms with Gasteiger partial charge in [-0.05, 0) is 57.8 Å². The summed E-state index contributed by atoms with van der Waals surface area (Å²) < 4.78 is 15.9. The minimum absolute atomic E-state index is 0.0509. The van der Waals surface area contributed by atoms with Gasteiger partial charge in [0.05, 0.1) is 39.6 Å². The number of rotatable bonds is 30. The van der Waals surface area contributed by atoms with E-state index in [9.17, 15) is 9.59 Å². The Labute approximate surface area is 278 Å². The second-order valence-corrected chi connectivity index (χ2v) is 12.9. The minimum atomic E-state index is -0.496. The molecule has 0 spiro atoms. The van der Waals surface area contributed by atoms with Gasteiger partial charge in [-0.3, -0.25) is 9.59 Å². The Morgan fingerprint density at radius 2 is 0.800 bits per heavy atom. The molecule has 7 N–H and O–H groups in total. The summed E-state index contributed by atoms with van der Waals surface area (Å²) in [4.78, 5) is 19.8. The second kappa shape index (κ2) is 38.9. The van der Waals surface area contributed by atoms with Crippen molar-refractivity contribution in [3.8, 4) is 0 Å². The number of hydrogen-bond acceptors (Lipinski definition) is 8. The Hall–Kier alpha value is -1.30. The van der Waals surface area contributed by atoms with E-state index in [0.717, 1.165) is 50.0 Å². The highest BCUT2D eigenvalue weighted by atomic mass is 16.5. The zero-order valence-corrected chi connectivity index (χ0v) is 30.9. The van der Waals surface area contributed by atoms with Crippen molar-refractivity contribution in [3.05, 3.63) is 0 Å². The van der Waals surface area contributed by atoms with Crippen LogP contribution in [0.3, 0.4) is 0 Å². The summed E-state index contributed by atoms with van der Waals surface area (Å²) in [7, 11) is 5.86. The predicted octanol–water partition coefficient (Wildman–Crippen LogP) is 4.88. The van der Waals surface area contributed by atoms with E-state index in [4.69, 9.17) is 25.7 Å². The average molecular weight is 648 g/mol. The van der Waals surface area contributed by atoms with E-state index >= 15 is 0 Å². The molecule has 0 bridgehead atoms. The standard InChI is InChI=1S/C21H45N.C10H24N2O3.C4H8N2O2/c1-18(2)10-7-11-19(3)12-8-13-20(4)14-9-15-21(5)16-17-22-6;1-11-3-5-13-7-9-15-10-8-14-6-4-12-2;5-3(7)1-2-4(6)8/h18-22H,7-17H2,1-6H3;11-12H,3-10H2,1-2H3;1-2H2,(H2,5,7)(H2,6,8). The van der Waals surface area contributed by atoms with Crippen molar-refractivity contribution in [1.82, 2.24) is 16.0 Å². The average Bonchev–Trinajstić information content (AvgIpc) is 2.98. The smallest absolute Gasteiger partial charge is 0.217 e. The number of amides is 2. The molecule has 0 aliphatic heterocycles. The number of carbonyl (C=O) groups is 2. The lowest BCUT2D eigenvalue weighted by molar-refractivity contribution is -0.123. The number of nitrogens with one attached hydrogen (secondary N) is 3. The number of ether oxygens (including phenoxy) is 3. The summed E-state index contributed by atoms with van der Waals surface area (Å²) in [6, 6.07) is 0. The number of likely N-dealkylation sites (N-methyl/N-ethyl adjacent to an activating group) is 2. The highest BCUT2D eigenvalue weighted by Gasteiger charge is 2.08. The molecular weight excluding hydrogens is 570 g/mol. The highest BCUT2D eigenvalue weighted by molar-refractivity contribution is 5.81. The molecule has 0 saturated carbocycles. The Morgan fingerprint density at radius 3 is 1.11 bits per heavy atom. The van der Waals surface area contributed by atoms with Gasteiger partial charge in [0.1, 0.15) is 0 Å². The molecule has 10 nitrogen and oxygen atoms in total.